The number of hydrogen-bond acceptors (Lipinski definition) is 3. The van der Waals surface area contributed by atoms with E-state index in [4.69, 9.17) is 0 Å². The number of nitrogens with one attached hydrogen (secondary N) is 1. The maximum atomic E-state index is 14.5. The Kier molecular flexibility index (Phi) is 5.15. The molecule has 31 heavy (non-hydrogen) atoms. The summed E-state index contributed by atoms with van der Waals surface area (Å²) in [4.78, 5) is 27.5. The smallest absolute Gasteiger partial charge is 0.282 e. The van der Waals surface area contributed by atoms with Crippen molar-refractivity contribution in [3.05, 3.63) is 100 Å². The minimum Gasteiger partial charge on any atom is -0.350 e. The molecular weight excluding hydrogens is 398 g/mol. The monoisotopic (exact) mass is 418 g/mol. The molecule has 0 aromatic heterocycles. The van der Waals surface area contributed by atoms with Crippen LogP contribution in [0.25, 0.3) is 5.57 Å². The van der Waals surface area contributed by atoms with E-state index >= 15 is 0 Å². The normalized spacial score (nSPS) is 13.9. The van der Waals surface area contributed by atoms with Crippen LogP contribution in [0.15, 0.2) is 66.4 Å². The van der Waals surface area contributed by atoms with E-state index in [1.54, 1.807) is 12.1 Å². The molecule has 0 radical (unpaired) electrons. The van der Waals surface area contributed by atoms with Crippen molar-refractivity contribution in [2.45, 2.75) is 20.8 Å². The van der Waals surface area contributed by atoms with Crippen LogP contribution in [-0.4, -0.2) is 11.8 Å². The molecule has 6 heteroatoms. The van der Waals surface area contributed by atoms with E-state index in [0.29, 0.717) is 17.3 Å². The molecule has 0 aliphatic carbocycles. The number of imide groups is 1. The first-order valence-electron chi connectivity index (χ1n) is 9.75. The van der Waals surface area contributed by atoms with Crippen molar-refractivity contribution in [1.82, 2.24) is 0 Å². The molecule has 156 valence electrons. The van der Waals surface area contributed by atoms with Crippen molar-refractivity contribution in [2.75, 3.05) is 10.2 Å². The molecule has 3 aromatic rings. The summed E-state index contributed by atoms with van der Waals surface area (Å²) in [6.07, 6.45) is 0. The average Bonchev–Trinajstić information content (AvgIpc) is 2.93. The van der Waals surface area contributed by atoms with Crippen LogP contribution in [0.4, 0.5) is 20.2 Å². The lowest BCUT2D eigenvalue weighted by Crippen LogP contribution is -2.33. The summed E-state index contributed by atoms with van der Waals surface area (Å²) in [6.45, 7) is 5.68. The van der Waals surface area contributed by atoms with E-state index in [2.05, 4.69) is 5.32 Å². The molecule has 1 N–H and O–H groups in total. The summed E-state index contributed by atoms with van der Waals surface area (Å²) in [5, 5.41) is 3.05. The van der Waals surface area contributed by atoms with Gasteiger partial charge in [0.15, 0.2) is 0 Å². The number of amides is 2. The fourth-order valence-corrected chi connectivity index (χ4v) is 3.74. The molecule has 0 fully saturated rings. The lowest BCUT2D eigenvalue weighted by atomic mass is 9.97. The minimum atomic E-state index is -0.988. The van der Waals surface area contributed by atoms with Gasteiger partial charge in [0, 0.05) is 11.8 Å². The molecule has 0 unspecified atom stereocenters. The van der Waals surface area contributed by atoms with E-state index in [9.17, 15) is 18.4 Å². The van der Waals surface area contributed by atoms with Crippen LogP contribution in [0.1, 0.15) is 22.3 Å². The van der Waals surface area contributed by atoms with Gasteiger partial charge in [-0.25, -0.2) is 13.7 Å². The van der Waals surface area contributed by atoms with Crippen LogP contribution in [0.5, 0.6) is 0 Å². The van der Waals surface area contributed by atoms with Crippen LogP contribution < -0.4 is 10.2 Å². The number of halogens is 2. The van der Waals surface area contributed by atoms with Gasteiger partial charge in [0.05, 0.1) is 11.3 Å². The van der Waals surface area contributed by atoms with Gasteiger partial charge in [0.1, 0.15) is 17.3 Å². The highest BCUT2D eigenvalue weighted by Crippen LogP contribution is 2.36. The Morgan fingerprint density at radius 2 is 1.55 bits per heavy atom. The van der Waals surface area contributed by atoms with E-state index < -0.39 is 23.4 Å². The van der Waals surface area contributed by atoms with Gasteiger partial charge < -0.3 is 5.32 Å². The van der Waals surface area contributed by atoms with Gasteiger partial charge in [-0.3, -0.25) is 9.59 Å². The quantitative estimate of drug-likeness (QED) is 0.586. The third kappa shape index (κ3) is 3.72. The SMILES string of the molecule is Cc1cccc(NC2=C(c3ccc(C)cc3C)C(=O)N(c3ccc(F)cc3F)C2=O)c1. The zero-order valence-corrected chi connectivity index (χ0v) is 17.3. The summed E-state index contributed by atoms with van der Waals surface area (Å²) < 4.78 is 27.9. The van der Waals surface area contributed by atoms with Crippen LogP contribution in [0, 0.1) is 32.4 Å². The van der Waals surface area contributed by atoms with Crippen molar-refractivity contribution in [2.24, 2.45) is 0 Å². The second-order valence-corrected chi connectivity index (χ2v) is 7.60. The predicted molar refractivity (Wildman–Crippen MR) is 116 cm³/mol. The Morgan fingerprint density at radius 1 is 0.806 bits per heavy atom. The van der Waals surface area contributed by atoms with Crippen molar-refractivity contribution < 1.29 is 18.4 Å². The predicted octanol–water partition coefficient (Wildman–Crippen LogP) is 5.29. The van der Waals surface area contributed by atoms with Gasteiger partial charge in [-0.2, -0.15) is 0 Å². The standard InChI is InChI=1S/C25H20F2N2O2/c1-14-5-4-6-18(12-14)28-23-22(19-9-7-15(2)11-16(19)3)24(30)29(25(23)31)21-10-8-17(26)13-20(21)27/h4-13,28H,1-3H3. The highest BCUT2D eigenvalue weighted by Gasteiger charge is 2.41. The van der Waals surface area contributed by atoms with E-state index in [1.165, 1.54) is 0 Å². The van der Waals surface area contributed by atoms with Crippen LogP contribution >= 0.6 is 0 Å². The number of carbonyl (C=O) groups excluding carboxylic acids is 2. The number of hydrogen-bond donors (Lipinski definition) is 1. The number of aryl methyl sites for hydroxylation is 3. The van der Waals surface area contributed by atoms with Gasteiger partial charge in [-0.1, -0.05) is 35.9 Å². The van der Waals surface area contributed by atoms with Crippen molar-refractivity contribution in [1.29, 1.82) is 0 Å². The molecule has 0 spiro atoms. The summed E-state index contributed by atoms with van der Waals surface area (Å²) >= 11 is 0. The fraction of sp³-hybridized carbons (Fsp3) is 0.120. The largest absolute Gasteiger partial charge is 0.350 e. The lowest BCUT2D eigenvalue weighted by Gasteiger charge is -2.16. The molecule has 4 nitrogen and oxygen atoms in total. The third-order valence-corrected chi connectivity index (χ3v) is 5.17. The van der Waals surface area contributed by atoms with Crippen LogP contribution in [0.2, 0.25) is 0 Å². The number of benzene rings is 3. The molecule has 3 aromatic carbocycles. The highest BCUT2D eigenvalue weighted by atomic mass is 19.1. The molecule has 4 rings (SSSR count). The van der Waals surface area contributed by atoms with Gasteiger partial charge in [0.25, 0.3) is 11.8 Å². The van der Waals surface area contributed by atoms with Gasteiger partial charge >= 0.3 is 0 Å². The number of nitrogens with zero attached hydrogens (tertiary/aromatic N) is 1. The lowest BCUT2D eigenvalue weighted by molar-refractivity contribution is -0.120. The van der Waals surface area contributed by atoms with Gasteiger partial charge in [0.2, 0.25) is 0 Å². The summed E-state index contributed by atoms with van der Waals surface area (Å²) in [6, 6.07) is 15.6. The number of carbonyl (C=O) groups is 2. The second-order valence-electron chi connectivity index (χ2n) is 7.60. The minimum absolute atomic E-state index is 0.0475. The summed E-state index contributed by atoms with van der Waals surface area (Å²) in [5.41, 5.74) is 3.88. The zero-order chi connectivity index (χ0) is 22.3. The molecule has 0 atom stereocenters. The van der Waals surface area contributed by atoms with Crippen molar-refractivity contribution in [3.63, 3.8) is 0 Å². The molecular formula is C25H20F2N2O2. The average molecular weight is 418 g/mol. The van der Waals surface area contributed by atoms with Gasteiger partial charge in [-0.15, -0.1) is 0 Å². The third-order valence-electron chi connectivity index (χ3n) is 5.17. The summed E-state index contributed by atoms with van der Waals surface area (Å²) in [5.74, 6) is -3.15. The topological polar surface area (TPSA) is 49.4 Å². The van der Waals surface area contributed by atoms with Crippen LogP contribution in [-0.2, 0) is 9.59 Å². The Balaban J connectivity index is 1.88. The number of rotatable bonds is 4. The molecule has 0 bridgehead atoms. The molecule has 1 aliphatic rings. The molecule has 1 aliphatic heterocycles. The Labute approximate surface area is 178 Å². The second kappa shape index (κ2) is 7.80. The van der Waals surface area contributed by atoms with Crippen molar-refractivity contribution in [3.8, 4) is 0 Å². The molecule has 0 saturated heterocycles. The Bertz CT molecular complexity index is 1260. The first kappa shape index (κ1) is 20.5. The van der Waals surface area contributed by atoms with E-state index in [0.717, 1.165) is 33.7 Å². The zero-order valence-electron chi connectivity index (χ0n) is 17.3. The molecule has 2 amide bonds. The Morgan fingerprint density at radius 3 is 2.23 bits per heavy atom. The number of anilines is 2. The maximum Gasteiger partial charge on any atom is 0.282 e. The maximum absolute atomic E-state index is 14.5. The van der Waals surface area contributed by atoms with Gasteiger partial charge in [-0.05, 0) is 61.7 Å². The molecule has 0 saturated carbocycles. The Hall–Kier alpha value is -3.80. The first-order chi connectivity index (χ1) is 14.8. The van der Waals surface area contributed by atoms with E-state index in [-0.39, 0.29) is 17.0 Å². The van der Waals surface area contributed by atoms with Crippen molar-refractivity contribution >= 4 is 28.8 Å². The highest BCUT2D eigenvalue weighted by molar-refractivity contribution is 6.46. The summed E-state index contributed by atoms with van der Waals surface area (Å²) in [7, 11) is 0. The van der Waals surface area contributed by atoms with Crippen LogP contribution in [0.3, 0.4) is 0 Å². The fourth-order valence-electron chi connectivity index (χ4n) is 3.74. The first-order valence-corrected chi connectivity index (χ1v) is 9.75. The molecule has 1 heterocycles. The van der Waals surface area contributed by atoms with E-state index in [1.807, 2.05) is 51.1 Å².